The third kappa shape index (κ3) is 2.91. The number of hydrogen-bond donors (Lipinski definition) is 4. The third-order valence-electron chi connectivity index (χ3n) is 3.16. The van der Waals surface area contributed by atoms with Gasteiger partial charge in [-0.25, -0.2) is 0 Å². The first-order valence-corrected chi connectivity index (χ1v) is 6.00. The highest BCUT2D eigenvalue weighted by Gasteiger charge is 2.14. The molecule has 0 aliphatic rings. The van der Waals surface area contributed by atoms with Gasteiger partial charge >= 0.3 is 0 Å². The van der Waals surface area contributed by atoms with Gasteiger partial charge < -0.3 is 20.4 Å². The van der Waals surface area contributed by atoms with Crippen molar-refractivity contribution in [1.82, 2.24) is 0 Å². The van der Waals surface area contributed by atoms with Gasteiger partial charge in [0.1, 0.15) is 23.0 Å². The van der Waals surface area contributed by atoms with Gasteiger partial charge in [-0.1, -0.05) is 19.1 Å². The fourth-order valence-corrected chi connectivity index (χ4v) is 2.06. The summed E-state index contributed by atoms with van der Waals surface area (Å²) in [5, 5.41) is 38.0. The lowest BCUT2D eigenvalue weighted by Crippen LogP contribution is -1.99. The molecule has 2 aromatic carbocycles. The second-order valence-corrected chi connectivity index (χ2v) is 4.66. The Morgan fingerprint density at radius 1 is 0.842 bits per heavy atom. The number of rotatable bonds is 3. The van der Waals surface area contributed by atoms with Crippen LogP contribution in [0, 0.1) is 0 Å². The van der Waals surface area contributed by atoms with E-state index >= 15 is 0 Å². The molecule has 4 nitrogen and oxygen atoms in total. The second-order valence-electron chi connectivity index (χ2n) is 4.66. The standard InChI is InChI=1S/C15H16O4/c1-9(10-2-4-11(16)5-3-10)6-13-14(18)7-12(17)8-15(13)19/h2-5,7-9,16-19H,6H2,1H3. The molecule has 2 aromatic rings. The molecule has 0 radical (unpaired) electrons. The quantitative estimate of drug-likeness (QED) is 0.684. The lowest BCUT2D eigenvalue weighted by molar-refractivity contribution is 0.416. The van der Waals surface area contributed by atoms with Crippen molar-refractivity contribution in [1.29, 1.82) is 0 Å². The predicted molar refractivity (Wildman–Crippen MR) is 71.7 cm³/mol. The van der Waals surface area contributed by atoms with E-state index in [2.05, 4.69) is 0 Å². The van der Waals surface area contributed by atoms with Crippen molar-refractivity contribution in [2.45, 2.75) is 19.3 Å². The fraction of sp³-hybridized carbons (Fsp3) is 0.200. The minimum atomic E-state index is -0.170. The van der Waals surface area contributed by atoms with Gasteiger partial charge in [0, 0.05) is 17.7 Å². The van der Waals surface area contributed by atoms with E-state index in [1.807, 2.05) is 6.92 Å². The molecule has 100 valence electrons. The molecule has 2 rings (SSSR count). The number of benzene rings is 2. The summed E-state index contributed by atoms with van der Waals surface area (Å²) in [6, 6.07) is 9.21. The maximum atomic E-state index is 9.75. The monoisotopic (exact) mass is 260 g/mol. The van der Waals surface area contributed by atoms with Gasteiger partial charge in [-0.15, -0.1) is 0 Å². The molecule has 0 saturated heterocycles. The molecule has 0 amide bonds. The van der Waals surface area contributed by atoms with E-state index in [1.165, 1.54) is 12.1 Å². The topological polar surface area (TPSA) is 80.9 Å². The Balaban J connectivity index is 2.24. The first kappa shape index (κ1) is 13.1. The molecule has 0 aliphatic carbocycles. The van der Waals surface area contributed by atoms with Crippen LogP contribution in [0.25, 0.3) is 0 Å². The summed E-state index contributed by atoms with van der Waals surface area (Å²) in [5.74, 6) is -0.157. The molecule has 1 atom stereocenters. The van der Waals surface area contributed by atoms with Gasteiger partial charge in [-0.05, 0) is 30.0 Å². The van der Waals surface area contributed by atoms with Gasteiger partial charge in [0.25, 0.3) is 0 Å². The molecule has 1 unspecified atom stereocenters. The highest BCUT2D eigenvalue weighted by molar-refractivity contribution is 5.49. The largest absolute Gasteiger partial charge is 0.508 e. The highest BCUT2D eigenvalue weighted by atomic mass is 16.3. The molecule has 0 saturated carbocycles. The SMILES string of the molecule is CC(Cc1c(O)cc(O)cc1O)c1ccc(O)cc1. The average molecular weight is 260 g/mol. The zero-order chi connectivity index (χ0) is 14.0. The summed E-state index contributed by atoms with van der Waals surface area (Å²) in [6.07, 6.45) is 0.433. The maximum absolute atomic E-state index is 9.75. The first-order chi connectivity index (χ1) is 8.97. The van der Waals surface area contributed by atoms with E-state index in [0.29, 0.717) is 12.0 Å². The van der Waals surface area contributed by atoms with E-state index in [4.69, 9.17) is 0 Å². The van der Waals surface area contributed by atoms with Crippen LogP contribution in [0.5, 0.6) is 23.0 Å². The number of hydrogen-bond acceptors (Lipinski definition) is 4. The molecule has 0 aliphatic heterocycles. The number of aromatic hydroxyl groups is 4. The van der Waals surface area contributed by atoms with Crippen LogP contribution < -0.4 is 0 Å². The predicted octanol–water partition coefficient (Wildman–Crippen LogP) is 2.86. The number of phenolic OH excluding ortho intramolecular Hbond substituents is 4. The van der Waals surface area contributed by atoms with Crippen molar-refractivity contribution in [3.8, 4) is 23.0 Å². The lowest BCUT2D eigenvalue weighted by atomic mass is 9.92. The zero-order valence-corrected chi connectivity index (χ0v) is 10.5. The van der Waals surface area contributed by atoms with Gasteiger partial charge in [-0.2, -0.15) is 0 Å². The van der Waals surface area contributed by atoms with Crippen LogP contribution in [0.3, 0.4) is 0 Å². The normalized spacial score (nSPS) is 12.3. The molecule has 0 spiro atoms. The number of phenols is 4. The van der Waals surface area contributed by atoms with Crippen LogP contribution in [0.2, 0.25) is 0 Å². The van der Waals surface area contributed by atoms with Crippen LogP contribution in [0.15, 0.2) is 36.4 Å². The molecular formula is C15H16O4. The zero-order valence-electron chi connectivity index (χ0n) is 10.5. The Labute approximate surface area is 111 Å². The Hall–Kier alpha value is -2.36. The van der Waals surface area contributed by atoms with E-state index in [-0.39, 0.29) is 28.9 Å². The van der Waals surface area contributed by atoms with Crippen molar-refractivity contribution < 1.29 is 20.4 Å². The van der Waals surface area contributed by atoms with Crippen molar-refractivity contribution in [3.05, 3.63) is 47.5 Å². The third-order valence-corrected chi connectivity index (χ3v) is 3.16. The smallest absolute Gasteiger partial charge is 0.126 e. The minimum absolute atomic E-state index is 0.0574. The summed E-state index contributed by atoms with van der Waals surface area (Å²) >= 11 is 0. The molecule has 4 heteroatoms. The second kappa shape index (κ2) is 5.10. The maximum Gasteiger partial charge on any atom is 0.126 e. The molecule has 0 fully saturated rings. The van der Waals surface area contributed by atoms with Gasteiger partial charge in [0.2, 0.25) is 0 Å². The van der Waals surface area contributed by atoms with E-state index in [0.717, 1.165) is 5.56 Å². The summed E-state index contributed by atoms with van der Waals surface area (Å²) in [5.41, 5.74) is 1.39. The van der Waals surface area contributed by atoms with Gasteiger partial charge in [-0.3, -0.25) is 0 Å². The summed E-state index contributed by atoms with van der Waals surface area (Å²) in [4.78, 5) is 0. The van der Waals surface area contributed by atoms with Crippen LogP contribution in [0.4, 0.5) is 0 Å². The van der Waals surface area contributed by atoms with Crippen molar-refractivity contribution in [3.63, 3.8) is 0 Å². The Morgan fingerprint density at radius 2 is 1.37 bits per heavy atom. The molecule has 4 N–H and O–H groups in total. The minimum Gasteiger partial charge on any atom is -0.508 e. The summed E-state index contributed by atoms with van der Waals surface area (Å²) < 4.78 is 0. The summed E-state index contributed by atoms with van der Waals surface area (Å²) in [6.45, 7) is 1.96. The van der Waals surface area contributed by atoms with E-state index in [9.17, 15) is 20.4 Å². The lowest BCUT2D eigenvalue weighted by Gasteiger charge is -2.14. The Bertz CT molecular complexity index is 552. The first-order valence-electron chi connectivity index (χ1n) is 6.00. The molecule has 0 bridgehead atoms. The Morgan fingerprint density at radius 3 is 1.89 bits per heavy atom. The van der Waals surface area contributed by atoms with Crippen LogP contribution in [0.1, 0.15) is 24.0 Å². The van der Waals surface area contributed by atoms with Crippen molar-refractivity contribution in [2.24, 2.45) is 0 Å². The summed E-state index contributed by atoms with van der Waals surface area (Å²) in [7, 11) is 0. The van der Waals surface area contributed by atoms with Crippen molar-refractivity contribution in [2.75, 3.05) is 0 Å². The van der Waals surface area contributed by atoms with Gasteiger partial charge in [0.15, 0.2) is 0 Å². The Kier molecular flexibility index (Phi) is 3.51. The van der Waals surface area contributed by atoms with Crippen LogP contribution >= 0.6 is 0 Å². The molecule has 19 heavy (non-hydrogen) atoms. The van der Waals surface area contributed by atoms with Crippen molar-refractivity contribution >= 4 is 0 Å². The van der Waals surface area contributed by atoms with Crippen LogP contribution in [-0.4, -0.2) is 20.4 Å². The average Bonchev–Trinajstić information content (AvgIpc) is 2.34. The van der Waals surface area contributed by atoms with Gasteiger partial charge in [0.05, 0.1) is 0 Å². The molecular weight excluding hydrogens is 244 g/mol. The van der Waals surface area contributed by atoms with E-state index < -0.39 is 0 Å². The highest BCUT2D eigenvalue weighted by Crippen LogP contribution is 2.35. The fourth-order valence-electron chi connectivity index (χ4n) is 2.06. The molecule has 0 aromatic heterocycles. The van der Waals surface area contributed by atoms with E-state index in [1.54, 1.807) is 24.3 Å². The molecule has 0 heterocycles. The van der Waals surface area contributed by atoms with Crippen LogP contribution in [-0.2, 0) is 6.42 Å².